The molecule has 0 spiro atoms. The molecule has 0 aromatic carbocycles. The van der Waals surface area contributed by atoms with Crippen molar-refractivity contribution >= 4 is 41.9 Å². The minimum Gasteiger partial charge on any atom is -0.665 e. The molecule has 0 aliphatic rings. The molecule has 6 nitrogen and oxygen atoms in total. The van der Waals surface area contributed by atoms with E-state index in [2.05, 4.69) is 6.92 Å². The van der Waals surface area contributed by atoms with Crippen LogP contribution in [0.1, 0.15) is 45.4 Å². The van der Waals surface area contributed by atoms with Crippen LogP contribution in [0.2, 0.25) is 4.44 Å². The van der Waals surface area contributed by atoms with Gasteiger partial charge in [0.05, 0.1) is 0 Å². The minimum absolute atomic E-state index is 0.500. The molecule has 0 rings (SSSR count). The van der Waals surface area contributed by atoms with Gasteiger partial charge in [0.15, 0.2) is 0 Å². The van der Waals surface area contributed by atoms with Crippen LogP contribution in [-0.4, -0.2) is 57.3 Å². The molecule has 0 aromatic heterocycles. The van der Waals surface area contributed by atoms with Gasteiger partial charge in [0.25, 0.3) is 0 Å². The van der Waals surface area contributed by atoms with Crippen molar-refractivity contribution in [2.24, 2.45) is 0 Å². The zero-order valence-corrected chi connectivity index (χ0v) is 13.4. The Balaban J connectivity index is -0.0000000902. The van der Waals surface area contributed by atoms with E-state index in [1.807, 2.05) is 0 Å². The van der Waals surface area contributed by atoms with Crippen LogP contribution in [0.3, 0.4) is 0 Å². The van der Waals surface area contributed by atoms with Crippen LogP contribution in [-0.2, 0) is 14.4 Å². The standard InChI is InChI=1S/C8H17.3CHO2.Sn/c1-3-5-7-8-6-4-2;3*2-1-3;/h1,3-8H2,2H3;3*(H,2,3);/q;3*-1;+3. The summed E-state index contributed by atoms with van der Waals surface area (Å²) in [6.07, 6.45) is 8.71. The van der Waals surface area contributed by atoms with Crippen LogP contribution in [0, 0.1) is 0 Å². The van der Waals surface area contributed by atoms with E-state index in [4.69, 9.17) is 29.7 Å². The van der Waals surface area contributed by atoms with Crippen LogP contribution in [0.5, 0.6) is 0 Å². The van der Waals surface area contributed by atoms with Crippen molar-refractivity contribution in [3.63, 3.8) is 0 Å². The Labute approximate surface area is 121 Å². The van der Waals surface area contributed by atoms with Crippen molar-refractivity contribution in [3.05, 3.63) is 0 Å². The minimum atomic E-state index is 0.500. The summed E-state index contributed by atoms with van der Waals surface area (Å²) in [6.45, 7) is 3.77. The maximum atomic E-state index is 8.24. The largest absolute Gasteiger partial charge is 0.665 e. The number of aliphatic hydroxyl groups excluding tert-OH is 3. The normalized spacial score (nSPS) is 7.06. The van der Waals surface area contributed by atoms with Crippen molar-refractivity contribution in [3.8, 4) is 0 Å². The predicted molar refractivity (Wildman–Crippen MR) is 68.9 cm³/mol. The van der Waals surface area contributed by atoms with Gasteiger partial charge in [-0.3, -0.25) is 0 Å². The number of unbranched alkanes of at least 4 members (excludes halogenated alkanes) is 5. The van der Waals surface area contributed by atoms with Crippen LogP contribution in [0.4, 0.5) is 0 Å². The van der Waals surface area contributed by atoms with Gasteiger partial charge < -0.3 is 29.7 Å². The predicted octanol–water partition coefficient (Wildman–Crippen LogP) is 1.77. The SMILES string of the molecule is CCCCCCC[CH2][Sn+3].O=[C-]O.O=[C-]O.O=[C-]O. The molecule has 0 fully saturated rings. The Morgan fingerprint density at radius 2 is 1.06 bits per heavy atom. The molecule has 0 heterocycles. The summed E-state index contributed by atoms with van der Waals surface area (Å²) in [5, 5.41) is 20.3. The average molecular weight is 367 g/mol. The first-order valence-corrected chi connectivity index (χ1v) is 7.36. The van der Waals surface area contributed by atoms with Gasteiger partial charge in [-0.1, -0.05) is 19.4 Å². The van der Waals surface area contributed by atoms with Gasteiger partial charge in [-0.2, -0.15) is 0 Å². The molecular weight excluding hydrogens is 347 g/mol. The number of hydrogen-bond acceptors (Lipinski definition) is 3. The van der Waals surface area contributed by atoms with Crippen molar-refractivity contribution in [2.75, 3.05) is 0 Å². The van der Waals surface area contributed by atoms with Crippen molar-refractivity contribution in [1.82, 2.24) is 0 Å². The van der Waals surface area contributed by atoms with Gasteiger partial charge in [-0.05, 0) is 0 Å². The summed E-state index contributed by atoms with van der Waals surface area (Å²) in [7, 11) is 0. The topological polar surface area (TPSA) is 112 Å². The Hall–Kier alpha value is -0.791. The van der Waals surface area contributed by atoms with Gasteiger partial charge in [0.2, 0.25) is 0 Å². The van der Waals surface area contributed by atoms with Crippen LogP contribution in [0.25, 0.3) is 0 Å². The maximum Gasteiger partial charge on any atom is -0.0744 e. The third kappa shape index (κ3) is 113. The molecule has 18 heavy (non-hydrogen) atoms. The van der Waals surface area contributed by atoms with E-state index in [0.29, 0.717) is 19.4 Å². The molecule has 0 aliphatic carbocycles. The van der Waals surface area contributed by atoms with Gasteiger partial charge in [0, 0.05) is 0 Å². The molecule has 0 bridgehead atoms. The van der Waals surface area contributed by atoms with Gasteiger partial charge in [-0.25, -0.2) is 0 Å². The fourth-order valence-electron chi connectivity index (χ4n) is 0.905. The molecular formula is C11H20O6Sn. The van der Waals surface area contributed by atoms with Gasteiger partial charge in [-0.15, -0.1) is 0 Å². The molecule has 0 saturated heterocycles. The summed E-state index contributed by atoms with van der Waals surface area (Å²) in [5.41, 5.74) is 0. The van der Waals surface area contributed by atoms with E-state index >= 15 is 0 Å². The summed E-state index contributed by atoms with van der Waals surface area (Å²) in [6, 6.07) is 0. The quantitative estimate of drug-likeness (QED) is 0.375. The molecule has 0 unspecified atom stereocenters. The molecule has 0 amide bonds. The molecule has 0 aliphatic heterocycles. The molecule has 0 radical (unpaired) electrons. The van der Waals surface area contributed by atoms with E-state index in [-0.39, 0.29) is 0 Å². The first-order chi connectivity index (χ1) is 8.66. The second kappa shape index (κ2) is 44.2. The van der Waals surface area contributed by atoms with E-state index in [0.717, 1.165) is 0 Å². The van der Waals surface area contributed by atoms with E-state index in [1.165, 1.54) is 43.0 Å². The Kier molecular flexibility index (Phi) is 63.6. The summed E-state index contributed by atoms with van der Waals surface area (Å²) < 4.78 is 1.46. The Morgan fingerprint density at radius 1 is 0.778 bits per heavy atom. The average Bonchev–Trinajstić information content (AvgIpc) is 2.32. The summed E-state index contributed by atoms with van der Waals surface area (Å²) in [5.74, 6) is 0. The first-order valence-electron chi connectivity index (χ1n) is 5.34. The van der Waals surface area contributed by atoms with E-state index in [9.17, 15) is 0 Å². The Bertz CT molecular complexity index is 123. The van der Waals surface area contributed by atoms with Crippen molar-refractivity contribution < 1.29 is 29.7 Å². The second-order valence-electron chi connectivity index (χ2n) is 2.79. The molecule has 104 valence electrons. The van der Waals surface area contributed by atoms with Crippen LogP contribution < -0.4 is 0 Å². The summed E-state index contributed by atoms with van der Waals surface area (Å²) >= 11 is 1.71. The first kappa shape index (κ1) is 25.9. The Morgan fingerprint density at radius 3 is 1.33 bits per heavy atom. The molecule has 0 aromatic rings. The monoisotopic (exact) mass is 368 g/mol. The zero-order chi connectivity index (χ0) is 15.1. The van der Waals surface area contributed by atoms with Crippen LogP contribution >= 0.6 is 0 Å². The smallest absolute Gasteiger partial charge is 0.0744 e. The van der Waals surface area contributed by atoms with Gasteiger partial charge in [0.1, 0.15) is 0 Å². The third-order valence-corrected chi connectivity index (χ3v) is 2.54. The summed E-state index contributed by atoms with van der Waals surface area (Å²) in [4.78, 5) is 24.7. The van der Waals surface area contributed by atoms with E-state index in [1.54, 1.807) is 22.5 Å². The molecule has 7 heteroatoms. The van der Waals surface area contributed by atoms with Crippen molar-refractivity contribution in [1.29, 1.82) is 0 Å². The zero-order valence-electron chi connectivity index (χ0n) is 10.5. The maximum absolute atomic E-state index is 8.24. The second-order valence-corrected chi connectivity index (χ2v) is 4.22. The molecule has 0 saturated carbocycles. The number of rotatable bonds is 6. The molecule has 3 N–H and O–H groups in total. The fraction of sp³-hybridized carbons (Fsp3) is 0.727. The number of hydrogen-bond donors (Lipinski definition) is 3. The van der Waals surface area contributed by atoms with Crippen molar-refractivity contribution in [2.45, 2.75) is 49.9 Å². The molecule has 0 atom stereocenters. The third-order valence-electron chi connectivity index (χ3n) is 1.53. The van der Waals surface area contributed by atoms with Crippen LogP contribution in [0.15, 0.2) is 0 Å². The van der Waals surface area contributed by atoms with E-state index < -0.39 is 0 Å². The fourth-order valence-corrected chi connectivity index (χ4v) is 1.62. The van der Waals surface area contributed by atoms with Gasteiger partial charge >= 0.3 is 72.4 Å².